The van der Waals surface area contributed by atoms with Gasteiger partial charge in [0.1, 0.15) is 18.0 Å². The molecule has 2 N–H and O–H groups in total. The second-order valence-corrected chi connectivity index (χ2v) is 7.89. The monoisotopic (exact) mass is 409 g/mol. The number of likely N-dealkylation sites (tertiary alicyclic amines) is 1. The van der Waals surface area contributed by atoms with Gasteiger partial charge in [-0.15, -0.1) is 0 Å². The van der Waals surface area contributed by atoms with Crippen LogP contribution in [-0.2, 0) is 20.9 Å². The molecule has 0 bridgehead atoms. The van der Waals surface area contributed by atoms with E-state index in [1.54, 1.807) is 11.0 Å². The van der Waals surface area contributed by atoms with Gasteiger partial charge in [-0.1, -0.05) is 0 Å². The van der Waals surface area contributed by atoms with Gasteiger partial charge in [-0.25, -0.2) is 4.79 Å². The Morgan fingerprint density at radius 1 is 1.21 bits per heavy atom. The van der Waals surface area contributed by atoms with E-state index in [0.29, 0.717) is 17.9 Å². The molecule has 1 aliphatic rings. The van der Waals surface area contributed by atoms with Crippen LogP contribution in [0.25, 0.3) is 0 Å². The number of carboxylic acids is 2. The molecule has 2 rings (SSSR count). The molecule has 0 unspecified atom stereocenters. The highest BCUT2D eigenvalue weighted by Crippen LogP contribution is 2.23. The Balaban J connectivity index is 1.91. The Morgan fingerprint density at radius 3 is 2.38 bits per heavy atom. The number of ether oxygens (including phenoxy) is 2. The Bertz CT molecular complexity index is 732. The van der Waals surface area contributed by atoms with Gasteiger partial charge in [0.05, 0.1) is 25.3 Å². The molecule has 0 aromatic carbocycles. The number of carbonyl (C=O) groups excluding carboxylic acids is 1. The van der Waals surface area contributed by atoms with Crippen LogP contribution in [0.3, 0.4) is 0 Å². The van der Waals surface area contributed by atoms with Crippen molar-refractivity contribution >= 4 is 18.0 Å². The van der Waals surface area contributed by atoms with Crippen molar-refractivity contribution < 1.29 is 34.1 Å². The van der Waals surface area contributed by atoms with Gasteiger partial charge in [-0.05, 0) is 38.8 Å². The van der Waals surface area contributed by atoms with Crippen LogP contribution in [0.4, 0.5) is 4.79 Å². The lowest BCUT2D eigenvalue weighted by molar-refractivity contribution is -0.142. The molecule has 2 heterocycles. The van der Waals surface area contributed by atoms with E-state index in [1.807, 2.05) is 20.8 Å². The van der Waals surface area contributed by atoms with Crippen LogP contribution < -0.4 is 4.74 Å². The number of hydrogen-bond donors (Lipinski definition) is 2. The first-order valence-electron chi connectivity index (χ1n) is 9.26. The van der Waals surface area contributed by atoms with Crippen LogP contribution in [-0.4, -0.2) is 80.9 Å². The lowest BCUT2D eigenvalue weighted by Crippen LogP contribution is -2.55. The lowest BCUT2D eigenvalue weighted by Gasteiger charge is -2.41. The summed E-state index contributed by atoms with van der Waals surface area (Å²) < 4.78 is 11.1. The molecule has 29 heavy (non-hydrogen) atoms. The number of pyridine rings is 1. The summed E-state index contributed by atoms with van der Waals surface area (Å²) in [6.07, 6.45) is 3.47. The standard InChI is InChI=1S/C19H27N3O7/c1-19(2,3)29-18(27)22-5-4-14(22)12-28-15-6-13(7-20-8-15)9-21(10-16(23)24)11-17(25)26/h6-8,14H,4-5,9-12H2,1-3H3,(H,23,24)(H,25,26)/t14-/m0/s1. The first-order chi connectivity index (χ1) is 13.5. The largest absolute Gasteiger partial charge is 0.490 e. The minimum absolute atomic E-state index is 0.0935. The molecular weight excluding hydrogens is 382 g/mol. The quantitative estimate of drug-likeness (QED) is 0.622. The van der Waals surface area contributed by atoms with Gasteiger partial charge >= 0.3 is 18.0 Å². The molecule has 0 saturated carbocycles. The van der Waals surface area contributed by atoms with E-state index in [2.05, 4.69) is 4.98 Å². The smallest absolute Gasteiger partial charge is 0.410 e. The summed E-state index contributed by atoms with van der Waals surface area (Å²) in [5, 5.41) is 17.9. The minimum Gasteiger partial charge on any atom is -0.490 e. The molecule has 1 atom stereocenters. The van der Waals surface area contributed by atoms with Gasteiger partial charge in [0, 0.05) is 19.3 Å². The van der Waals surface area contributed by atoms with E-state index in [9.17, 15) is 14.4 Å². The highest BCUT2D eigenvalue weighted by Gasteiger charge is 2.35. The highest BCUT2D eigenvalue weighted by atomic mass is 16.6. The first-order valence-corrected chi connectivity index (χ1v) is 9.26. The average molecular weight is 409 g/mol. The van der Waals surface area contributed by atoms with E-state index in [1.165, 1.54) is 17.3 Å². The molecule has 1 saturated heterocycles. The number of carbonyl (C=O) groups is 3. The third-order valence-electron chi connectivity index (χ3n) is 4.11. The molecule has 1 aromatic rings. The summed E-state index contributed by atoms with van der Waals surface area (Å²) in [6, 6.07) is 1.59. The summed E-state index contributed by atoms with van der Waals surface area (Å²) in [5.41, 5.74) is 0.0660. The van der Waals surface area contributed by atoms with Gasteiger partial charge in [0.25, 0.3) is 0 Å². The van der Waals surface area contributed by atoms with Crippen LogP contribution in [0.15, 0.2) is 18.5 Å². The van der Waals surface area contributed by atoms with Crippen LogP contribution in [0.5, 0.6) is 5.75 Å². The Morgan fingerprint density at radius 2 is 1.86 bits per heavy atom. The van der Waals surface area contributed by atoms with Gasteiger partial charge in [-0.2, -0.15) is 0 Å². The molecule has 160 valence electrons. The van der Waals surface area contributed by atoms with Crippen molar-refractivity contribution in [3.8, 4) is 5.75 Å². The second-order valence-electron chi connectivity index (χ2n) is 7.89. The topological polar surface area (TPSA) is 130 Å². The SMILES string of the molecule is CC(C)(C)OC(=O)N1CC[C@H]1COc1cncc(CN(CC(=O)O)CC(=O)O)c1. The third kappa shape index (κ3) is 7.57. The maximum absolute atomic E-state index is 12.1. The average Bonchev–Trinajstić information content (AvgIpc) is 2.51. The molecule has 10 nitrogen and oxygen atoms in total. The first kappa shape index (κ1) is 22.4. The van der Waals surface area contributed by atoms with E-state index < -0.39 is 30.6 Å². The second kappa shape index (κ2) is 9.55. The maximum Gasteiger partial charge on any atom is 0.410 e. The van der Waals surface area contributed by atoms with Crippen molar-refractivity contribution in [3.63, 3.8) is 0 Å². The third-order valence-corrected chi connectivity index (χ3v) is 4.11. The fourth-order valence-corrected chi connectivity index (χ4v) is 2.81. The zero-order valence-electron chi connectivity index (χ0n) is 16.8. The molecule has 0 radical (unpaired) electrons. The number of amides is 1. The lowest BCUT2D eigenvalue weighted by atomic mass is 10.1. The minimum atomic E-state index is -1.11. The molecule has 0 aliphatic carbocycles. The zero-order chi connectivity index (χ0) is 21.6. The molecule has 0 spiro atoms. The van der Waals surface area contributed by atoms with Gasteiger partial charge in [-0.3, -0.25) is 19.5 Å². The zero-order valence-corrected chi connectivity index (χ0v) is 16.8. The summed E-state index contributed by atoms with van der Waals surface area (Å²) in [7, 11) is 0. The van der Waals surface area contributed by atoms with Crippen molar-refractivity contribution in [2.45, 2.75) is 45.4 Å². The Hall–Kier alpha value is -2.88. The predicted octanol–water partition coefficient (Wildman–Crippen LogP) is 1.44. The van der Waals surface area contributed by atoms with E-state index in [4.69, 9.17) is 19.7 Å². The number of rotatable bonds is 9. The summed E-state index contributed by atoms with van der Waals surface area (Å²) >= 11 is 0. The van der Waals surface area contributed by atoms with Crippen molar-refractivity contribution in [2.24, 2.45) is 0 Å². The fraction of sp³-hybridized carbons (Fsp3) is 0.579. The van der Waals surface area contributed by atoms with Crippen LogP contribution in [0.1, 0.15) is 32.8 Å². The Labute approximate surface area is 169 Å². The maximum atomic E-state index is 12.1. The summed E-state index contributed by atoms with van der Waals surface area (Å²) in [4.78, 5) is 41.0. The van der Waals surface area contributed by atoms with Crippen LogP contribution >= 0.6 is 0 Å². The van der Waals surface area contributed by atoms with E-state index >= 15 is 0 Å². The van der Waals surface area contributed by atoms with Crippen molar-refractivity contribution in [1.29, 1.82) is 0 Å². The van der Waals surface area contributed by atoms with Gasteiger partial charge < -0.3 is 24.6 Å². The normalized spacial score (nSPS) is 16.3. The molecule has 1 aliphatic heterocycles. The van der Waals surface area contributed by atoms with Crippen molar-refractivity contribution in [2.75, 3.05) is 26.2 Å². The number of hydrogen-bond acceptors (Lipinski definition) is 7. The summed E-state index contributed by atoms with van der Waals surface area (Å²) in [5.74, 6) is -1.76. The van der Waals surface area contributed by atoms with Crippen molar-refractivity contribution in [1.82, 2.24) is 14.8 Å². The van der Waals surface area contributed by atoms with Gasteiger partial charge in [0.15, 0.2) is 0 Å². The highest BCUT2D eigenvalue weighted by molar-refractivity contribution is 5.72. The molecule has 10 heteroatoms. The van der Waals surface area contributed by atoms with Crippen LogP contribution in [0, 0.1) is 0 Å². The molecule has 1 fully saturated rings. The van der Waals surface area contributed by atoms with E-state index in [0.717, 1.165) is 6.42 Å². The van der Waals surface area contributed by atoms with Gasteiger partial charge in [0.2, 0.25) is 0 Å². The fourth-order valence-electron chi connectivity index (χ4n) is 2.81. The van der Waals surface area contributed by atoms with Crippen LogP contribution in [0.2, 0.25) is 0 Å². The number of aliphatic carboxylic acids is 2. The molecule has 1 amide bonds. The molecule has 1 aromatic heterocycles. The number of carboxylic acid groups (broad SMARTS) is 2. The molecular formula is C19H27N3O7. The predicted molar refractivity (Wildman–Crippen MR) is 102 cm³/mol. The summed E-state index contributed by atoms with van der Waals surface area (Å²) in [6.45, 7) is 5.63. The Kier molecular flexibility index (Phi) is 7.38. The number of nitrogens with zero attached hydrogens (tertiary/aromatic N) is 3. The van der Waals surface area contributed by atoms with E-state index in [-0.39, 0.29) is 25.3 Å². The number of aromatic nitrogens is 1. The van der Waals surface area contributed by atoms with Crippen molar-refractivity contribution in [3.05, 3.63) is 24.0 Å².